The Morgan fingerprint density at radius 1 is 1.45 bits per heavy atom. The summed E-state index contributed by atoms with van der Waals surface area (Å²) in [6.07, 6.45) is 3.30. The molecule has 1 unspecified atom stereocenters. The van der Waals surface area contributed by atoms with E-state index in [0.29, 0.717) is 11.6 Å². The molecule has 1 atom stereocenters. The van der Waals surface area contributed by atoms with Gasteiger partial charge >= 0.3 is 5.97 Å². The van der Waals surface area contributed by atoms with Crippen molar-refractivity contribution in [2.75, 3.05) is 6.54 Å². The molecule has 1 rings (SSSR count). The van der Waals surface area contributed by atoms with Gasteiger partial charge in [-0.1, -0.05) is 19.9 Å². The molecule has 0 amide bonds. The van der Waals surface area contributed by atoms with Crippen molar-refractivity contribution in [3.8, 4) is 0 Å². The van der Waals surface area contributed by atoms with Crippen LogP contribution in [-0.4, -0.2) is 28.6 Å². The standard InChI is InChI=1S/C16H22FNO2/c1-4-12(3)18(5-2)11-13-6-8-15(17)14(10-13)7-9-16(19)20/h6-10,12H,4-5,11H2,1-3H3,(H,19,20). The van der Waals surface area contributed by atoms with Crippen LogP contribution in [0.1, 0.15) is 38.3 Å². The Morgan fingerprint density at radius 3 is 2.70 bits per heavy atom. The highest BCUT2D eigenvalue weighted by Crippen LogP contribution is 2.16. The lowest BCUT2D eigenvalue weighted by molar-refractivity contribution is -0.131. The summed E-state index contributed by atoms with van der Waals surface area (Å²) in [7, 11) is 0. The van der Waals surface area contributed by atoms with Gasteiger partial charge < -0.3 is 5.11 Å². The largest absolute Gasteiger partial charge is 0.478 e. The monoisotopic (exact) mass is 279 g/mol. The maximum atomic E-state index is 13.6. The molecular formula is C16H22FNO2. The Hall–Kier alpha value is -1.68. The second-order valence-electron chi connectivity index (χ2n) is 4.85. The van der Waals surface area contributed by atoms with E-state index in [-0.39, 0.29) is 0 Å². The predicted octanol–water partition coefficient (Wildman–Crippen LogP) is 3.54. The van der Waals surface area contributed by atoms with Crippen LogP contribution in [0.25, 0.3) is 6.08 Å². The van der Waals surface area contributed by atoms with Crippen LogP contribution in [0.15, 0.2) is 24.3 Å². The topological polar surface area (TPSA) is 40.5 Å². The Morgan fingerprint density at radius 2 is 2.15 bits per heavy atom. The molecule has 0 heterocycles. The van der Waals surface area contributed by atoms with Gasteiger partial charge in [0.25, 0.3) is 0 Å². The van der Waals surface area contributed by atoms with Crippen molar-refractivity contribution in [1.82, 2.24) is 4.90 Å². The fraction of sp³-hybridized carbons (Fsp3) is 0.438. The highest BCUT2D eigenvalue weighted by atomic mass is 19.1. The molecule has 0 aliphatic heterocycles. The normalized spacial score (nSPS) is 13.1. The zero-order valence-corrected chi connectivity index (χ0v) is 12.3. The minimum Gasteiger partial charge on any atom is -0.478 e. The minimum atomic E-state index is -1.08. The minimum absolute atomic E-state index is 0.310. The number of halogens is 1. The molecule has 20 heavy (non-hydrogen) atoms. The molecule has 0 fully saturated rings. The molecule has 0 saturated heterocycles. The molecular weight excluding hydrogens is 257 g/mol. The van der Waals surface area contributed by atoms with Gasteiger partial charge in [-0.05, 0) is 43.7 Å². The molecule has 0 spiro atoms. The first-order valence-electron chi connectivity index (χ1n) is 6.91. The second-order valence-corrected chi connectivity index (χ2v) is 4.85. The summed E-state index contributed by atoms with van der Waals surface area (Å²) < 4.78 is 13.6. The summed E-state index contributed by atoms with van der Waals surface area (Å²) >= 11 is 0. The summed E-state index contributed by atoms with van der Waals surface area (Å²) in [4.78, 5) is 12.8. The van der Waals surface area contributed by atoms with E-state index in [1.165, 1.54) is 12.1 Å². The van der Waals surface area contributed by atoms with Crippen molar-refractivity contribution < 1.29 is 14.3 Å². The lowest BCUT2D eigenvalue weighted by Gasteiger charge is -2.27. The summed E-state index contributed by atoms with van der Waals surface area (Å²) in [6, 6.07) is 5.31. The lowest BCUT2D eigenvalue weighted by atomic mass is 10.1. The molecule has 0 aliphatic rings. The van der Waals surface area contributed by atoms with Crippen molar-refractivity contribution in [1.29, 1.82) is 0 Å². The molecule has 0 saturated carbocycles. The van der Waals surface area contributed by atoms with E-state index in [1.54, 1.807) is 12.1 Å². The summed E-state index contributed by atoms with van der Waals surface area (Å²) in [5.74, 6) is -1.48. The molecule has 110 valence electrons. The highest BCUT2D eigenvalue weighted by molar-refractivity contribution is 5.85. The smallest absolute Gasteiger partial charge is 0.328 e. The van der Waals surface area contributed by atoms with Crippen molar-refractivity contribution in [3.05, 3.63) is 41.2 Å². The number of rotatable bonds is 7. The van der Waals surface area contributed by atoms with Gasteiger partial charge in [0.1, 0.15) is 5.82 Å². The Balaban J connectivity index is 2.91. The maximum Gasteiger partial charge on any atom is 0.328 e. The van der Waals surface area contributed by atoms with Crippen LogP contribution in [0, 0.1) is 5.82 Å². The van der Waals surface area contributed by atoms with E-state index in [9.17, 15) is 9.18 Å². The summed E-state index contributed by atoms with van der Waals surface area (Å²) in [6.45, 7) is 8.06. The van der Waals surface area contributed by atoms with E-state index in [1.807, 2.05) is 0 Å². The van der Waals surface area contributed by atoms with Crippen LogP contribution in [0.5, 0.6) is 0 Å². The second kappa shape index (κ2) is 7.80. The van der Waals surface area contributed by atoms with E-state index >= 15 is 0 Å². The zero-order chi connectivity index (χ0) is 15.1. The molecule has 0 bridgehead atoms. The first-order valence-corrected chi connectivity index (χ1v) is 6.91. The molecule has 0 radical (unpaired) electrons. The van der Waals surface area contributed by atoms with Crippen LogP contribution in [0.3, 0.4) is 0 Å². The van der Waals surface area contributed by atoms with E-state index < -0.39 is 11.8 Å². The fourth-order valence-corrected chi connectivity index (χ4v) is 2.05. The molecule has 1 N–H and O–H groups in total. The third-order valence-corrected chi connectivity index (χ3v) is 3.47. The third kappa shape index (κ3) is 4.78. The summed E-state index contributed by atoms with van der Waals surface area (Å²) in [5, 5.41) is 8.61. The molecule has 0 aliphatic carbocycles. The van der Waals surface area contributed by atoms with Gasteiger partial charge in [-0.15, -0.1) is 0 Å². The molecule has 1 aromatic rings. The predicted molar refractivity (Wildman–Crippen MR) is 78.9 cm³/mol. The Kier molecular flexibility index (Phi) is 6.39. The first kappa shape index (κ1) is 16.4. The Labute approximate surface area is 119 Å². The van der Waals surface area contributed by atoms with Crippen molar-refractivity contribution in [3.63, 3.8) is 0 Å². The van der Waals surface area contributed by atoms with Gasteiger partial charge in [-0.25, -0.2) is 9.18 Å². The molecule has 3 nitrogen and oxygen atoms in total. The summed E-state index contributed by atoms with van der Waals surface area (Å²) in [5.41, 5.74) is 1.30. The molecule has 4 heteroatoms. The lowest BCUT2D eigenvalue weighted by Crippen LogP contribution is -2.31. The maximum absolute atomic E-state index is 13.6. The van der Waals surface area contributed by atoms with E-state index in [0.717, 1.165) is 31.1 Å². The number of hydrogen-bond acceptors (Lipinski definition) is 2. The SMILES string of the molecule is CCC(C)N(CC)Cc1ccc(F)c(C=CC(=O)O)c1. The number of benzene rings is 1. The van der Waals surface area contributed by atoms with E-state index in [4.69, 9.17) is 5.11 Å². The van der Waals surface area contributed by atoms with Gasteiger partial charge in [0, 0.05) is 24.2 Å². The quantitative estimate of drug-likeness (QED) is 0.776. The number of hydrogen-bond donors (Lipinski definition) is 1. The van der Waals surface area contributed by atoms with Crippen molar-refractivity contribution >= 4 is 12.0 Å². The highest BCUT2D eigenvalue weighted by Gasteiger charge is 2.11. The number of nitrogens with zero attached hydrogens (tertiary/aromatic N) is 1. The Bertz CT molecular complexity index is 485. The van der Waals surface area contributed by atoms with Crippen LogP contribution >= 0.6 is 0 Å². The third-order valence-electron chi connectivity index (χ3n) is 3.47. The first-order chi connectivity index (χ1) is 9.47. The number of carboxylic acid groups (broad SMARTS) is 1. The zero-order valence-electron chi connectivity index (χ0n) is 12.3. The molecule has 1 aromatic carbocycles. The van der Waals surface area contributed by atoms with Crippen molar-refractivity contribution in [2.24, 2.45) is 0 Å². The van der Waals surface area contributed by atoms with Crippen LogP contribution in [-0.2, 0) is 11.3 Å². The van der Waals surface area contributed by atoms with Gasteiger partial charge in [-0.3, -0.25) is 4.90 Å². The average molecular weight is 279 g/mol. The van der Waals surface area contributed by atoms with Crippen LogP contribution in [0.4, 0.5) is 4.39 Å². The van der Waals surface area contributed by atoms with Crippen LogP contribution in [0.2, 0.25) is 0 Å². The van der Waals surface area contributed by atoms with Gasteiger partial charge in [0.2, 0.25) is 0 Å². The van der Waals surface area contributed by atoms with Gasteiger partial charge in [0.15, 0.2) is 0 Å². The fourth-order valence-electron chi connectivity index (χ4n) is 2.05. The number of carboxylic acids is 1. The number of carbonyl (C=O) groups is 1. The van der Waals surface area contributed by atoms with Crippen LogP contribution < -0.4 is 0 Å². The average Bonchev–Trinajstić information content (AvgIpc) is 2.43. The van der Waals surface area contributed by atoms with E-state index in [2.05, 4.69) is 25.7 Å². The van der Waals surface area contributed by atoms with Crippen molar-refractivity contribution in [2.45, 2.75) is 39.8 Å². The van der Waals surface area contributed by atoms with Gasteiger partial charge in [-0.2, -0.15) is 0 Å². The van der Waals surface area contributed by atoms with Gasteiger partial charge in [0.05, 0.1) is 0 Å². The molecule has 0 aromatic heterocycles. The number of aliphatic carboxylic acids is 1.